The Hall–Kier alpha value is -2.15. The normalized spacial score (nSPS) is 11.3. The predicted octanol–water partition coefficient (Wildman–Crippen LogP) is 3.82. The summed E-state index contributed by atoms with van der Waals surface area (Å²) < 4.78 is 0. The lowest BCUT2D eigenvalue weighted by molar-refractivity contribution is -0.103. The van der Waals surface area contributed by atoms with E-state index < -0.39 is 0 Å². The van der Waals surface area contributed by atoms with E-state index in [4.69, 9.17) is 0 Å². The largest absolute Gasteiger partial charge is 0.298 e. The van der Waals surface area contributed by atoms with Crippen LogP contribution in [0.1, 0.15) is 16.7 Å². The van der Waals surface area contributed by atoms with E-state index in [2.05, 4.69) is 31.2 Å². The first kappa shape index (κ1) is 12.3. The fourth-order valence-corrected chi connectivity index (χ4v) is 1.82. The van der Waals surface area contributed by atoms with E-state index in [0.717, 1.165) is 23.8 Å². The molecule has 0 bridgehead atoms. The van der Waals surface area contributed by atoms with Crippen LogP contribution in [0.5, 0.6) is 0 Å². The number of carbonyl (C=O) groups excluding carboxylic acids is 1. The average Bonchev–Trinajstić information content (AvgIpc) is 2.43. The van der Waals surface area contributed by atoms with Crippen LogP contribution in [0.4, 0.5) is 0 Å². The van der Waals surface area contributed by atoms with Crippen molar-refractivity contribution in [3.05, 3.63) is 77.4 Å². The highest BCUT2D eigenvalue weighted by atomic mass is 16.1. The molecule has 0 radical (unpaired) electrons. The Balaban J connectivity index is 2.16. The molecule has 2 rings (SSSR count). The molecule has 0 aliphatic rings. The molecule has 90 valence electrons. The van der Waals surface area contributed by atoms with Gasteiger partial charge in [-0.2, -0.15) is 0 Å². The van der Waals surface area contributed by atoms with Crippen molar-refractivity contribution in [1.29, 1.82) is 0 Å². The molecule has 0 unspecified atom stereocenters. The predicted molar refractivity (Wildman–Crippen MR) is 75.4 cm³/mol. The number of hydrogen-bond acceptors (Lipinski definition) is 1. The van der Waals surface area contributed by atoms with Gasteiger partial charge >= 0.3 is 0 Å². The maximum Gasteiger partial charge on any atom is 0.150 e. The minimum Gasteiger partial charge on any atom is -0.298 e. The summed E-state index contributed by atoms with van der Waals surface area (Å²) in [4.78, 5) is 11.1. The van der Waals surface area contributed by atoms with Crippen LogP contribution in [0.3, 0.4) is 0 Å². The van der Waals surface area contributed by atoms with E-state index >= 15 is 0 Å². The van der Waals surface area contributed by atoms with Gasteiger partial charge in [-0.25, -0.2) is 0 Å². The summed E-state index contributed by atoms with van der Waals surface area (Å²) in [6.07, 6.45) is 3.68. The molecule has 2 aromatic rings. The van der Waals surface area contributed by atoms with Gasteiger partial charge in [0.05, 0.1) is 0 Å². The van der Waals surface area contributed by atoms with Crippen LogP contribution < -0.4 is 0 Å². The molecular formula is C17H16O. The van der Waals surface area contributed by atoms with Gasteiger partial charge in [0.1, 0.15) is 6.29 Å². The standard InChI is InChI=1S/C17H16O/c1-14-7-9-15(10-8-14)11-12-17(13-18)16-5-3-2-4-6-16/h2-10,12-13H,11H2,1H3. The monoisotopic (exact) mass is 236 g/mol. The molecule has 0 aliphatic carbocycles. The van der Waals surface area contributed by atoms with Crippen molar-refractivity contribution in [3.8, 4) is 0 Å². The Morgan fingerprint density at radius 2 is 1.67 bits per heavy atom. The summed E-state index contributed by atoms with van der Waals surface area (Å²) in [5.41, 5.74) is 4.19. The maximum atomic E-state index is 11.1. The fraction of sp³-hybridized carbons (Fsp3) is 0.118. The number of aldehydes is 1. The lowest BCUT2D eigenvalue weighted by atomic mass is 10.0. The van der Waals surface area contributed by atoms with E-state index in [0.29, 0.717) is 0 Å². The van der Waals surface area contributed by atoms with Crippen molar-refractivity contribution < 1.29 is 4.79 Å². The van der Waals surface area contributed by atoms with Crippen molar-refractivity contribution in [3.63, 3.8) is 0 Å². The average molecular weight is 236 g/mol. The van der Waals surface area contributed by atoms with Gasteiger partial charge < -0.3 is 0 Å². The van der Waals surface area contributed by atoms with Crippen LogP contribution in [0.25, 0.3) is 5.57 Å². The van der Waals surface area contributed by atoms with Crippen molar-refractivity contribution in [2.45, 2.75) is 13.3 Å². The molecule has 0 fully saturated rings. The zero-order valence-corrected chi connectivity index (χ0v) is 10.5. The Morgan fingerprint density at radius 3 is 2.28 bits per heavy atom. The minimum atomic E-state index is 0.746. The zero-order chi connectivity index (χ0) is 12.8. The number of carbonyl (C=O) groups is 1. The summed E-state index contributed by atoms with van der Waals surface area (Å²) in [5, 5.41) is 0. The molecule has 0 amide bonds. The molecule has 0 atom stereocenters. The number of allylic oxidation sites excluding steroid dienone is 2. The highest BCUT2D eigenvalue weighted by molar-refractivity contribution is 6.06. The van der Waals surface area contributed by atoms with Gasteiger partial charge in [0.2, 0.25) is 0 Å². The van der Waals surface area contributed by atoms with E-state index in [1.54, 1.807) is 0 Å². The topological polar surface area (TPSA) is 17.1 Å². The number of hydrogen-bond donors (Lipinski definition) is 0. The molecule has 2 aromatic carbocycles. The summed E-state index contributed by atoms with van der Waals surface area (Å²) in [6.45, 7) is 2.07. The summed E-state index contributed by atoms with van der Waals surface area (Å²) in [5.74, 6) is 0. The van der Waals surface area contributed by atoms with Crippen molar-refractivity contribution in [1.82, 2.24) is 0 Å². The minimum absolute atomic E-state index is 0.746. The third-order valence-electron chi connectivity index (χ3n) is 2.91. The molecule has 0 saturated carbocycles. The van der Waals surface area contributed by atoms with Gasteiger partial charge in [-0.3, -0.25) is 4.79 Å². The van der Waals surface area contributed by atoms with Crippen molar-refractivity contribution in [2.75, 3.05) is 0 Å². The molecule has 18 heavy (non-hydrogen) atoms. The first-order valence-electron chi connectivity index (χ1n) is 6.06. The molecule has 1 nitrogen and oxygen atoms in total. The second kappa shape index (κ2) is 5.97. The molecule has 0 saturated heterocycles. The van der Waals surface area contributed by atoms with Crippen LogP contribution in [0.15, 0.2) is 60.7 Å². The van der Waals surface area contributed by atoms with Crippen LogP contribution in [-0.4, -0.2) is 6.29 Å². The summed E-state index contributed by atoms with van der Waals surface area (Å²) in [6, 6.07) is 18.1. The Bertz CT molecular complexity index is 536. The Morgan fingerprint density at radius 1 is 1.00 bits per heavy atom. The van der Waals surface area contributed by atoms with Gasteiger partial charge in [-0.05, 0) is 24.5 Å². The number of aryl methyl sites for hydroxylation is 1. The van der Waals surface area contributed by atoms with Crippen molar-refractivity contribution in [2.24, 2.45) is 0 Å². The first-order valence-corrected chi connectivity index (χ1v) is 6.06. The summed E-state index contributed by atoms with van der Waals surface area (Å²) in [7, 11) is 0. The molecule has 0 aromatic heterocycles. The SMILES string of the molecule is Cc1ccc(CC=C(C=O)c2ccccc2)cc1. The van der Waals surface area contributed by atoms with Gasteiger partial charge in [0.15, 0.2) is 0 Å². The maximum absolute atomic E-state index is 11.1. The third-order valence-corrected chi connectivity index (χ3v) is 2.91. The van der Waals surface area contributed by atoms with Crippen LogP contribution in [0.2, 0.25) is 0 Å². The Labute approximate surface area is 108 Å². The molecule has 0 N–H and O–H groups in total. The van der Waals surface area contributed by atoms with E-state index in [1.807, 2.05) is 36.4 Å². The van der Waals surface area contributed by atoms with Gasteiger partial charge in [0.25, 0.3) is 0 Å². The van der Waals surface area contributed by atoms with Crippen molar-refractivity contribution >= 4 is 11.9 Å². The lowest BCUT2D eigenvalue weighted by Crippen LogP contribution is -1.88. The van der Waals surface area contributed by atoms with Crippen LogP contribution in [0, 0.1) is 6.92 Å². The highest BCUT2D eigenvalue weighted by Gasteiger charge is 1.99. The van der Waals surface area contributed by atoms with E-state index in [9.17, 15) is 4.79 Å². The quantitative estimate of drug-likeness (QED) is 0.582. The fourth-order valence-electron chi connectivity index (χ4n) is 1.82. The summed E-state index contributed by atoms with van der Waals surface area (Å²) >= 11 is 0. The molecule has 0 aliphatic heterocycles. The van der Waals surface area contributed by atoms with E-state index in [-0.39, 0.29) is 0 Å². The molecule has 1 heteroatoms. The van der Waals surface area contributed by atoms with E-state index in [1.165, 1.54) is 11.1 Å². The van der Waals surface area contributed by atoms with Crippen LogP contribution >= 0.6 is 0 Å². The lowest BCUT2D eigenvalue weighted by Gasteiger charge is -2.01. The highest BCUT2D eigenvalue weighted by Crippen LogP contribution is 2.13. The number of rotatable bonds is 4. The third kappa shape index (κ3) is 3.17. The smallest absolute Gasteiger partial charge is 0.150 e. The Kier molecular flexibility index (Phi) is 4.08. The van der Waals surface area contributed by atoms with Gasteiger partial charge in [0, 0.05) is 5.57 Å². The zero-order valence-electron chi connectivity index (χ0n) is 10.5. The number of benzene rings is 2. The molecule has 0 spiro atoms. The first-order chi connectivity index (χ1) is 8.79. The van der Waals surface area contributed by atoms with Gasteiger partial charge in [-0.1, -0.05) is 66.2 Å². The van der Waals surface area contributed by atoms with Gasteiger partial charge in [-0.15, -0.1) is 0 Å². The van der Waals surface area contributed by atoms with Crippen LogP contribution in [-0.2, 0) is 11.2 Å². The second-order valence-corrected chi connectivity index (χ2v) is 4.33. The molecule has 0 heterocycles. The second-order valence-electron chi connectivity index (χ2n) is 4.33. The molecular weight excluding hydrogens is 220 g/mol.